The van der Waals surface area contributed by atoms with E-state index in [0.717, 1.165) is 11.3 Å². The van der Waals surface area contributed by atoms with Gasteiger partial charge < -0.3 is 10.7 Å². The van der Waals surface area contributed by atoms with Gasteiger partial charge in [0.05, 0.1) is 0 Å². The Kier molecular flexibility index (Phi) is 6.47. The molecule has 0 atom stereocenters. The molecule has 0 aliphatic heterocycles. The predicted molar refractivity (Wildman–Crippen MR) is 73.7 cm³/mol. The van der Waals surface area contributed by atoms with Gasteiger partial charge in [0, 0.05) is 24.0 Å². The van der Waals surface area contributed by atoms with E-state index in [4.69, 9.17) is 5.41 Å². The van der Waals surface area contributed by atoms with Crippen LogP contribution in [0, 0.1) is 18.3 Å². The molecule has 0 bridgehead atoms. The first-order valence-corrected chi connectivity index (χ1v) is 5.93. The van der Waals surface area contributed by atoms with Crippen LogP contribution in [0.5, 0.6) is 0 Å². The second-order valence-corrected chi connectivity index (χ2v) is 3.87. The van der Waals surface area contributed by atoms with Crippen LogP contribution in [0.3, 0.4) is 0 Å². The number of hydrogen-bond donors (Lipinski definition) is 2. The third-order valence-corrected chi connectivity index (χ3v) is 2.31. The van der Waals surface area contributed by atoms with Crippen molar-refractivity contribution in [1.29, 1.82) is 5.41 Å². The lowest BCUT2D eigenvalue weighted by Crippen LogP contribution is -2.10. The molecular formula is C14H24N2. The van der Waals surface area contributed by atoms with Crippen molar-refractivity contribution in [2.24, 2.45) is 5.92 Å². The lowest BCUT2D eigenvalue weighted by Gasteiger charge is -2.13. The fourth-order valence-corrected chi connectivity index (χ4v) is 1.41. The lowest BCUT2D eigenvalue weighted by atomic mass is 9.97. The SMILES string of the molecule is CC.CNc1cc(C)ccc1C(=N)C(C)C. The summed E-state index contributed by atoms with van der Waals surface area (Å²) < 4.78 is 0. The van der Waals surface area contributed by atoms with Crippen LogP contribution < -0.4 is 5.32 Å². The van der Waals surface area contributed by atoms with Crippen LogP contribution in [0.4, 0.5) is 5.69 Å². The van der Waals surface area contributed by atoms with Crippen molar-refractivity contribution in [2.75, 3.05) is 12.4 Å². The van der Waals surface area contributed by atoms with Gasteiger partial charge in [-0.2, -0.15) is 0 Å². The van der Waals surface area contributed by atoms with E-state index in [1.807, 2.05) is 46.9 Å². The fourth-order valence-electron chi connectivity index (χ4n) is 1.41. The van der Waals surface area contributed by atoms with Crippen molar-refractivity contribution in [2.45, 2.75) is 34.6 Å². The molecule has 0 saturated heterocycles. The molecule has 0 aliphatic rings. The molecule has 0 heterocycles. The Morgan fingerprint density at radius 3 is 2.25 bits per heavy atom. The molecule has 0 saturated carbocycles. The van der Waals surface area contributed by atoms with Crippen LogP contribution in [0.1, 0.15) is 38.8 Å². The van der Waals surface area contributed by atoms with Crippen molar-refractivity contribution in [3.63, 3.8) is 0 Å². The molecule has 0 aromatic heterocycles. The van der Waals surface area contributed by atoms with Gasteiger partial charge in [-0.1, -0.05) is 39.8 Å². The highest BCUT2D eigenvalue weighted by atomic mass is 14.8. The molecule has 2 heteroatoms. The molecule has 2 N–H and O–H groups in total. The largest absolute Gasteiger partial charge is 0.388 e. The normalized spacial score (nSPS) is 9.44. The zero-order valence-corrected chi connectivity index (χ0v) is 11.3. The minimum atomic E-state index is 0.268. The van der Waals surface area contributed by atoms with E-state index in [2.05, 4.69) is 18.3 Å². The average Bonchev–Trinajstić information content (AvgIpc) is 2.30. The van der Waals surface area contributed by atoms with Crippen LogP contribution in [0.2, 0.25) is 0 Å². The molecule has 1 aromatic rings. The standard InChI is InChI=1S/C12H18N2.C2H6/c1-8(2)12(13)10-6-5-9(3)7-11(10)14-4;1-2/h5-8,13-14H,1-4H3;1-2H3. The van der Waals surface area contributed by atoms with Gasteiger partial charge in [0.25, 0.3) is 0 Å². The number of nitrogens with one attached hydrogen (secondary N) is 2. The highest BCUT2D eigenvalue weighted by Gasteiger charge is 2.09. The molecule has 0 aliphatic carbocycles. The maximum atomic E-state index is 7.96. The van der Waals surface area contributed by atoms with E-state index >= 15 is 0 Å². The minimum absolute atomic E-state index is 0.268. The summed E-state index contributed by atoms with van der Waals surface area (Å²) in [5.41, 5.74) is 3.96. The summed E-state index contributed by atoms with van der Waals surface area (Å²) in [6, 6.07) is 6.14. The summed E-state index contributed by atoms with van der Waals surface area (Å²) in [6.45, 7) is 10.1. The average molecular weight is 220 g/mol. The van der Waals surface area contributed by atoms with Gasteiger partial charge >= 0.3 is 0 Å². The van der Waals surface area contributed by atoms with Gasteiger partial charge in [-0.3, -0.25) is 0 Å². The Balaban J connectivity index is 0.00000106. The van der Waals surface area contributed by atoms with Gasteiger partial charge in [0.2, 0.25) is 0 Å². The summed E-state index contributed by atoms with van der Waals surface area (Å²) in [6.07, 6.45) is 0. The van der Waals surface area contributed by atoms with Gasteiger partial charge in [-0.25, -0.2) is 0 Å². The fraction of sp³-hybridized carbons (Fsp3) is 0.500. The molecule has 0 amide bonds. The van der Waals surface area contributed by atoms with Crippen molar-refractivity contribution in [3.05, 3.63) is 29.3 Å². The maximum absolute atomic E-state index is 7.96. The summed E-state index contributed by atoms with van der Waals surface area (Å²) >= 11 is 0. The summed E-state index contributed by atoms with van der Waals surface area (Å²) in [7, 11) is 1.89. The smallest absolute Gasteiger partial charge is 0.0432 e. The van der Waals surface area contributed by atoms with E-state index in [1.54, 1.807) is 0 Å². The Hall–Kier alpha value is -1.31. The highest BCUT2D eigenvalue weighted by molar-refractivity contribution is 6.04. The molecule has 90 valence electrons. The second-order valence-electron chi connectivity index (χ2n) is 3.87. The summed E-state index contributed by atoms with van der Waals surface area (Å²) in [5.74, 6) is 0.268. The van der Waals surface area contributed by atoms with Crippen molar-refractivity contribution in [1.82, 2.24) is 0 Å². The van der Waals surface area contributed by atoms with Gasteiger partial charge in [-0.05, 0) is 24.5 Å². The topological polar surface area (TPSA) is 35.9 Å². The summed E-state index contributed by atoms with van der Waals surface area (Å²) in [4.78, 5) is 0. The lowest BCUT2D eigenvalue weighted by molar-refractivity contribution is 0.878. The minimum Gasteiger partial charge on any atom is -0.388 e. The molecule has 2 nitrogen and oxygen atoms in total. The Labute approximate surface area is 99.6 Å². The van der Waals surface area contributed by atoms with Gasteiger partial charge in [-0.15, -0.1) is 0 Å². The Morgan fingerprint density at radius 2 is 1.81 bits per heavy atom. The highest BCUT2D eigenvalue weighted by Crippen LogP contribution is 2.20. The molecule has 1 rings (SSSR count). The van der Waals surface area contributed by atoms with E-state index in [-0.39, 0.29) is 5.92 Å². The predicted octanol–water partition coefficient (Wildman–Crippen LogP) is 4.09. The number of aryl methyl sites for hydroxylation is 1. The maximum Gasteiger partial charge on any atom is 0.0432 e. The van der Waals surface area contributed by atoms with E-state index in [1.165, 1.54) is 5.56 Å². The molecule has 1 aromatic carbocycles. The number of anilines is 1. The zero-order valence-electron chi connectivity index (χ0n) is 11.3. The molecule has 16 heavy (non-hydrogen) atoms. The zero-order chi connectivity index (χ0) is 12.7. The first-order chi connectivity index (χ1) is 7.56. The Morgan fingerprint density at radius 1 is 1.25 bits per heavy atom. The molecule has 0 radical (unpaired) electrons. The first-order valence-electron chi connectivity index (χ1n) is 5.93. The number of hydrogen-bond acceptors (Lipinski definition) is 2. The number of rotatable bonds is 3. The molecule has 0 fully saturated rings. The third-order valence-electron chi connectivity index (χ3n) is 2.31. The van der Waals surface area contributed by atoms with E-state index in [9.17, 15) is 0 Å². The van der Waals surface area contributed by atoms with Crippen molar-refractivity contribution >= 4 is 11.4 Å². The molecular weight excluding hydrogens is 196 g/mol. The van der Waals surface area contributed by atoms with Crippen LogP contribution in [0.25, 0.3) is 0 Å². The summed E-state index contributed by atoms with van der Waals surface area (Å²) in [5, 5.41) is 11.1. The van der Waals surface area contributed by atoms with E-state index in [0.29, 0.717) is 5.71 Å². The Bertz CT molecular complexity index is 341. The van der Waals surface area contributed by atoms with Crippen molar-refractivity contribution in [3.8, 4) is 0 Å². The van der Waals surface area contributed by atoms with E-state index < -0.39 is 0 Å². The van der Waals surface area contributed by atoms with Crippen LogP contribution in [-0.2, 0) is 0 Å². The van der Waals surface area contributed by atoms with Gasteiger partial charge in [0.1, 0.15) is 0 Å². The van der Waals surface area contributed by atoms with Crippen molar-refractivity contribution < 1.29 is 0 Å². The first kappa shape index (κ1) is 14.7. The van der Waals surface area contributed by atoms with Crippen LogP contribution in [0.15, 0.2) is 18.2 Å². The third kappa shape index (κ3) is 3.69. The van der Waals surface area contributed by atoms with Crippen LogP contribution in [-0.4, -0.2) is 12.8 Å². The second kappa shape index (κ2) is 7.04. The van der Waals surface area contributed by atoms with Gasteiger partial charge in [0.15, 0.2) is 0 Å². The molecule has 0 unspecified atom stereocenters. The monoisotopic (exact) mass is 220 g/mol. The quantitative estimate of drug-likeness (QED) is 0.740. The van der Waals surface area contributed by atoms with Crippen LogP contribution >= 0.6 is 0 Å². The number of benzene rings is 1. The molecule has 0 spiro atoms.